The molecule has 0 radical (unpaired) electrons. The SMILES string of the molecule is CCN(CC)c1ccc(/C=C2\Oc3cc(OC(=O)c4cccc(Cl)c4)ccc3C2=O)cc1. The van der Waals surface area contributed by atoms with Crippen LogP contribution in [-0.4, -0.2) is 24.8 Å². The highest BCUT2D eigenvalue weighted by Crippen LogP contribution is 2.35. The van der Waals surface area contributed by atoms with E-state index < -0.39 is 5.97 Å². The normalized spacial score (nSPS) is 13.6. The van der Waals surface area contributed by atoms with Crippen LogP contribution >= 0.6 is 11.6 Å². The molecule has 162 valence electrons. The van der Waals surface area contributed by atoms with Crippen LogP contribution in [0, 0.1) is 0 Å². The molecule has 1 aliphatic heterocycles. The summed E-state index contributed by atoms with van der Waals surface area (Å²) in [6, 6.07) is 19.2. The summed E-state index contributed by atoms with van der Waals surface area (Å²) in [7, 11) is 0. The molecule has 0 aromatic heterocycles. The van der Waals surface area contributed by atoms with Gasteiger partial charge in [-0.15, -0.1) is 0 Å². The number of hydrogen-bond acceptors (Lipinski definition) is 5. The van der Waals surface area contributed by atoms with Gasteiger partial charge in [0.05, 0.1) is 11.1 Å². The quantitative estimate of drug-likeness (QED) is 0.262. The van der Waals surface area contributed by atoms with Crippen LogP contribution in [0.5, 0.6) is 11.5 Å². The summed E-state index contributed by atoms with van der Waals surface area (Å²) in [5, 5.41) is 0.447. The van der Waals surface area contributed by atoms with Crippen LogP contribution in [0.25, 0.3) is 6.08 Å². The third kappa shape index (κ3) is 4.53. The van der Waals surface area contributed by atoms with Crippen molar-refractivity contribution in [2.45, 2.75) is 13.8 Å². The topological polar surface area (TPSA) is 55.8 Å². The Balaban J connectivity index is 1.50. The fraction of sp³-hybridized carbons (Fsp3) is 0.154. The lowest BCUT2D eigenvalue weighted by Crippen LogP contribution is -2.21. The van der Waals surface area contributed by atoms with E-state index in [1.165, 1.54) is 6.07 Å². The molecule has 0 unspecified atom stereocenters. The number of ether oxygens (including phenoxy) is 2. The lowest BCUT2D eigenvalue weighted by atomic mass is 10.1. The number of anilines is 1. The van der Waals surface area contributed by atoms with E-state index in [1.807, 2.05) is 24.3 Å². The first-order valence-electron chi connectivity index (χ1n) is 10.4. The van der Waals surface area contributed by atoms with E-state index in [2.05, 4.69) is 18.7 Å². The van der Waals surface area contributed by atoms with Gasteiger partial charge in [-0.2, -0.15) is 0 Å². The van der Waals surface area contributed by atoms with Gasteiger partial charge in [-0.05, 0) is 68.0 Å². The Kier molecular flexibility index (Phi) is 6.28. The van der Waals surface area contributed by atoms with Gasteiger partial charge in [0, 0.05) is 29.9 Å². The number of rotatable bonds is 6. The number of carbonyl (C=O) groups is 2. The Morgan fingerprint density at radius 2 is 1.78 bits per heavy atom. The molecule has 5 nitrogen and oxygen atoms in total. The van der Waals surface area contributed by atoms with Crippen LogP contribution in [0.1, 0.15) is 40.1 Å². The molecular formula is C26H22ClNO4. The van der Waals surface area contributed by atoms with Gasteiger partial charge in [-0.3, -0.25) is 4.79 Å². The number of esters is 1. The number of benzene rings is 3. The number of nitrogens with zero attached hydrogens (tertiary/aromatic N) is 1. The molecule has 1 aliphatic rings. The first kappa shape index (κ1) is 21.7. The number of hydrogen-bond donors (Lipinski definition) is 0. The second-order valence-corrected chi connectivity index (χ2v) is 7.70. The standard InChI is InChI=1S/C26H22ClNO4/c1-3-28(4-2)20-10-8-17(9-11-20)14-24-25(29)22-13-12-21(16-23(22)32-24)31-26(30)18-6-5-7-19(27)15-18/h5-16H,3-4H2,1-2H3/b24-14-. The molecule has 4 rings (SSSR count). The van der Waals surface area contributed by atoms with E-state index in [0.717, 1.165) is 24.3 Å². The molecule has 0 N–H and O–H groups in total. The summed E-state index contributed by atoms with van der Waals surface area (Å²) in [6.45, 7) is 6.08. The third-order valence-corrected chi connectivity index (χ3v) is 5.47. The van der Waals surface area contributed by atoms with Gasteiger partial charge in [0.2, 0.25) is 5.78 Å². The lowest BCUT2D eigenvalue weighted by molar-refractivity contribution is 0.0734. The van der Waals surface area contributed by atoms with Gasteiger partial charge in [0.1, 0.15) is 11.5 Å². The fourth-order valence-corrected chi connectivity index (χ4v) is 3.72. The van der Waals surface area contributed by atoms with Gasteiger partial charge in [0.15, 0.2) is 5.76 Å². The Morgan fingerprint density at radius 1 is 1.03 bits per heavy atom. The van der Waals surface area contributed by atoms with Crippen molar-refractivity contribution < 1.29 is 19.1 Å². The first-order valence-corrected chi connectivity index (χ1v) is 10.8. The molecule has 0 saturated heterocycles. The zero-order valence-corrected chi connectivity index (χ0v) is 18.6. The maximum Gasteiger partial charge on any atom is 0.343 e. The van der Waals surface area contributed by atoms with E-state index in [4.69, 9.17) is 21.1 Å². The highest BCUT2D eigenvalue weighted by atomic mass is 35.5. The summed E-state index contributed by atoms with van der Waals surface area (Å²) in [5.41, 5.74) is 2.76. The molecular weight excluding hydrogens is 426 g/mol. The Labute approximate surface area is 191 Å². The molecule has 1 heterocycles. The van der Waals surface area contributed by atoms with E-state index >= 15 is 0 Å². The average Bonchev–Trinajstić information content (AvgIpc) is 3.10. The maximum absolute atomic E-state index is 12.7. The molecule has 0 bridgehead atoms. The zero-order valence-electron chi connectivity index (χ0n) is 17.8. The van der Waals surface area contributed by atoms with Gasteiger partial charge in [0.25, 0.3) is 0 Å². The summed E-state index contributed by atoms with van der Waals surface area (Å²) in [4.78, 5) is 27.3. The summed E-state index contributed by atoms with van der Waals surface area (Å²) in [5.74, 6) is 0.124. The van der Waals surface area contributed by atoms with Crippen molar-refractivity contribution in [1.82, 2.24) is 0 Å². The molecule has 32 heavy (non-hydrogen) atoms. The minimum atomic E-state index is -0.541. The Hall–Kier alpha value is -3.57. The Bertz CT molecular complexity index is 1200. The number of allylic oxidation sites excluding steroid dienone is 1. The number of ketones is 1. The van der Waals surface area contributed by atoms with E-state index in [0.29, 0.717) is 21.9 Å². The molecule has 3 aromatic carbocycles. The molecule has 6 heteroatoms. The summed E-state index contributed by atoms with van der Waals surface area (Å²) < 4.78 is 11.2. The van der Waals surface area contributed by atoms with Crippen LogP contribution in [0.4, 0.5) is 5.69 Å². The van der Waals surface area contributed by atoms with Crippen molar-refractivity contribution in [2.75, 3.05) is 18.0 Å². The second-order valence-electron chi connectivity index (χ2n) is 7.26. The first-order chi connectivity index (χ1) is 15.5. The molecule has 3 aromatic rings. The highest BCUT2D eigenvalue weighted by molar-refractivity contribution is 6.30. The molecule has 0 saturated carbocycles. The van der Waals surface area contributed by atoms with Gasteiger partial charge in [-0.1, -0.05) is 29.8 Å². The lowest BCUT2D eigenvalue weighted by Gasteiger charge is -2.20. The van der Waals surface area contributed by atoms with Crippen molar-refractivity contribution in [2.24, 2.45) is 0 Å². The van der Waals surface area contributed by atoms with Crippen molar-refractivity contribution >= 4 is 35.1 Å². The summed E-state index contributed by atoms with van der Waals surface area (Å²) >= 11 is 5.93. The van der Waals surface area contributed by atoms with Crippen molar-refractivity contribution in [1.29, 1.82) is 0 Å². The minimum absolute atomic E-state index is 0.208. The second kappa shape index (κ2) is 9.28. The monoisotopic (exact) mass is 447 g/mol. The van der Waals surface area contributed by atoms with Gasteiger partial charge >= 0.3 is 5.97 Å². The van der Waals surface area contributed by atoms with Crippen LogP contribution in [0.2, 0.25) is 5.02 Å². The predicted octanol–water partition coefficient (Wildman–Crippen LogP) is 6.02. The zero-order chi connectivity index (χ0) is 22.7. The van der Waals surface area contributed by atoms with Crippen molar-refractivity contribution in [3.05, 3.63) is 94.2 Å². The summed E-state index contributed by atoms with van der Waals surface area (Å²) in [6.07, 6.45) is 1.71. The van der Waals surface area contributed by atoms with Gasteiger partial charge < -0.3 is 14.4 Å². The van der Waals surface area contributed by atoms with E-state index in [1.54, 1.807) is 42.5 Å². The van der Waals surface area contributed by atoms with Crippen molar-refractivity contribution in [3.63, 3.8) is 0 Å². The Morgan fingerprint density at radius 3 is 2.47 bits per heavy atom. The van der Waals surface area contributed by atoms with Crippen molar-refractivity contribution in [3.8, 4) is 11.5 Å². The third-order valence-electron chi connectivity index (χ3n) is 5.23. The molecule has 0 fully saturated rings. The van der Waals surface area contributed by atoms with Crippen LogP contribution in [0.3, 0.4) is 0 Å². The largest absolute Gasteiger partial charge is 0.452 e. The predicted molar refractivity (Wildman–Crippen MR) is 126 cm³/mol. The van der Waals surface area contributed by atoms with E-state index in [-0.39, 0.29) is 17.3 Å². The average molecular weight is 448 g/mol. The smallest absolute Gasteiger partial charge is 0.343 e. The highest BCUT2D eigenvalue weighted by Gasteiger charge is 2.28. The number of Topliss-reactive ketones (excluding diaryl/α,β-unsaturated/α-hetero) is 1. The van der Waals surface area contributed by atoms with Crippen LogP contribution in [-0.2, 0) is 0 Å². The number of carbonyl (C=O) groups excluding carboxylic acids is 2. The van der Waals surface area contributed by atoms with Crippen LogP contribution in [0.15, 0.2) is 72.5 Å². The number of halogens is 1. The maximum atomic E-state index is 12.7. The molecule has 0 aliphatic carbocycles. The minimum Gasteiger partial charge on any atom is -0.452 e. The molecule has 0 spiro atoms. The fourth-order valence-electron chi connectivity index (χ4n) is 3.53. The van der Waals surface area contributed by atoms with Gasteiger partial charge in [-0.25, -0.2) is 4.79 Å². The van der Waals surface area contributed by atoms with Crippen LogP contribution < -0.4 is 14.4 Å². The number of fused-ring (bicyclic) bond motifs is 1. The molecule has 0 atom stereocenters. The van der Waals surface area contributed by atoms with E-state index in [9.17, 15) is 9.59 Å². The molecule has 0 amide bonds.